The predicted octanol–water partition coefficient (Wildman–Crippen LogP) is 1.30. The Morgan fingerprint density at radius 3 is 2.14 bits per heavy atom. The zero-order chi connectivity index (χ0) is 10.6. The zero-order valence-corrected chi connectivity index (χ0v) is 8.76. The molecule has 0 saturated heterocycles. The van der Waals surface area contributed by atoms with Crippen LogP contribution in [0.2, 0.25) is 0 Å². The van der Waals surface area contributed by atoms with Gasteiger partial charge in [0.15, 0.2) is 0 Å². The maximum Gasteiger partial charge on any atom is 0.229 e. The van der Waals surface area contributed by atoms with Crippen molar-refractivity contribution in [3.63, 3.8) is 0 Å². The molecule has 14 heavy (non-hydrogen) atoms. The van der Waals surface area contributed by atoms with E-state index in [4.69, 9.17) is 0 Å². The van der Waals surface area contributed by atoms with E-state index in [-0.39, 0.29) is 0 Å². The SMILES string of the molecule is [CH2]CNc1ccc(NS(C)(=O)=O)cc1. The summed E-state index contributed by atoms with van der Waals surface area (Å²) in [6.07, 6.45) is 1.12. The van der Waals surface area contributed by atoms with Gasteiger partial charge in [0.2, 0.25) is 10.0 Å². The monoisotopic (exact) mass is 213 g/mol. The van der Waals surface area contributed by atoms with Crippen LogP contribution in [0.25, 0.3) is 0 Å². The largest absolute Gasteiger partial charge is 0.385 e. The summed E-state index contributed by atoms with van der Waals surface area (Å²) in [6.45, 7) is 4.24. The number of anilines is 2. The van der Waals surface area contributed by atoms with Crippen molar-refractivity contribution in [2.75, 3.05) is 22.8 Å². The van der Waals surface area contributed by atoms with E-state index in [1.807, 2.05) is 0 Å². The number of hydrogen-bond acceptors (Lipinski definition) is 3. The Morgan fingerprint density at radius 1 is 1.21 bits per heavy atom. The fraction of sp³-hybridized carbons (Fsp3) is 0.222. The van der Waals surface area contributed by atoms with E-state index in [2.05, 4.69) is 17.0 Å². The van der Waals surface area contributed by atoms with E-state index < -0.39 is 10.0 Å². The molecule has 0 bridgehead atoms. The summed E-state index contributed by atoms with van der Waals surface area (Å²) in [7, 11) is -3.19. The van der Waals surface area contributed by atoms with Crippen molar-refractivity contribution < 1.29 is 8.42 Å². The summed E-state index contributed by atoms with van der Waals surface area (Å²) in [5, 5.41) is 3.01. The van der Waals surface area contributed by atoms with Gasteiger partial charge >= 0.3 is 0 Å². The van der Waals surface area contributed by atoms with Crippen LogP contribution in [0, 0.1) is 6.92 Å². The zero-order valence-electron chi connectivity index (χ0n) is 7.95. The number of sulfonamides is 1. The van der Waals surface area contributed by atoms with E-state index in [1.165, 1.54) is 0 Å². The van der Waals surface area contributed by atoms with E-state index >= 15 is 0 Å². The van der Waals surface area contributed by atoms with Crippen molar-refractivity contribution in [2.45, 2.75) is 0 Å². The van der Waals surface area contributed by atoms with Crippen LogP contribution < -0.4 is 10.0 Å². The molecule has 0 aromatic heterocycles. The van der Waals surface area contributed by atoms with Crippen LogP contribution in [0.5, 0.6) is 0 Å². The molecular formula is C9H13N2O2S. The minimum atomic E-state index is -3.19. The molecule has 2 N–H and O–H groups in total. The van der Waals surface area contributed by atoms with Crippen molar-refractivity contribution in [3.05, 3.63) is 31.2 Å². The number of rotatable bonds is 4. The van der Waals surface area contributed by atoms with E-state index in [0.29, 0.717) is 12.2 Å². The van der Waals surface area contributed by atoms with E-state index in [9.17, 15) is 8.42 Å². The standard InChI is InChI=1S/C9H13N2O2S/c1-3-10-8-4-6-9(7-5-8)11-14(2,12)13/h4-7,10-11H,1,3H2,2H3. The first-order valence-electron chi connectivity index (χ1n) is 4.12. The highest BCUT2D eigenvalue weighted by molar-refractivity contribution is 7.92. The summed E-state index contributed by atoms with van der Waals surface area (Å²) in [4.78, 5) is 0. The van der Waals surface area contributed by atoms with Gasteiger partial charge in [0, 0.05) is 17.9 Å². The average Bonchev–Trinajstić information content (AvgIpc) is 2.06. The maximum absolute atomic E-state index is 10.9. The number of nitrogens with one attached hydrogen (secondary N) is 2. The van der Waals surface area contributed by atoms with E-state index in [1.54, 1.807) is 24.3 Å². The minimum Gasteiger partial charge on any atom is -0.385 e. The second kappa shape index (κ2) is 4.32. The minimum absolute atomic E-state index is 0.558. The normalized spacial score (nSPS) is 11.0. The molecule has 0 fully saturated rings. The van der Waals surface area contributed by atoms with Gasteiger partial charge in [0.05, 0.1) is 6.26 Å². The van der Waals surface area contributed by atoms with Crippen molar-refractivity contribution in [2.24, 2.45) is 0 Å². The van der Waals surface area contributed by atoms with Crippen LogP contribution in [0.15, 0.2) is 24.3 Å². The molecule has 0 aliphatic carbocycles. The summed E-state index contributed by atoms with van der Waals surface area (Å²) in [6, 6.07) is 6.97. The van der Waals surface area contributed by atoms with Crippen molar-refractivity contribution in [1.29, 1.82) is 0 Å². The lowest BCUT2D eigenvalue weighted by Gasteiger charge is -2.06. The first-order chi connectivity index (χ1) is 6.51. The highest BCUT2D eigenvalue weighted by Gasteiger charge is 2.00. The maximum atomic E-state index is 10.9. The van der Waals surface area contributed by atoms with Gasteiger partial charge in [-0.2, -0.15) is 0 Å². The van der Waals surface area contributed by atoms with Gasteiger partial charge < -0.3 is 5.32 Å². The lowest BCUT2D eigenvalue weighted by Crippen LogP contribution is -2.09. The first kappa shape index (κ1) is 10.8. The molecule has 0 saturated carbocycles. The van der Waals surface area contributed by atoms with Crippen molar-refractivity contribution >= 4 is 21.4 Å². The Morgan fingerprint density at radius 2 is 1.71 bits per heavy atom. The topological polar surface area (TPSA) is 58.2 Å². The summed E-state index contributed by atoms with van der Waals surface area (Å²) < 4.78 is 24.1. The van der Waals surface area contributed by atoms with Gasteiger partial charge in [-0.15, -0.1) is 0 Å². The molecule has 1 rings (SSSR count). The lowest BCUT2D eigenvalue weighted by molar-refractivity contribution is 0.607. The van der Waals surface area contributed by atoms with Gasteiger partial charge in [0.25, 0.3) is 0 Å². The van der Waals surface area contributed by atoms with Gasteiger partial charge in [-0.05, 0) is 31.2 Å². The first-order valence-corrected chi connectivity index (χ1v) is 6.01. The predicted molar refractivity (Wildman–Crippen MR) is 58.8 cm³/mol. The average molecular weight is 213 g/mol. The fourth-order valence-corrected chi connectivity index (χ4v) is 1.58. The van der Waals surface area contributed by atoms with Crippen LogP contribution >= 0.6 is 0 Å². The molecule has 1 radical (unpaired) electrons. The molecule has 0 aliphatic rings. The molecule has 0 aliphatic heterocycles. The van der Waals surface area contributed by atoms with Gasteiger partial charge in [0.1, 0.15) is 0 Å². The fourth-order valence-electron chi connectivity index (χ4n) is 1.01. The molecular weight excluding hydrogens is 200 g/mol. The molecule has 1 aromatic rings. The lowest BCUT2D eigenvalue weighted by atomic mass is 10.3. The molecule has 0 heterocycles. The number of benzene rings is 1. The van der Waals surface area contributed by atoms with Crippen LogP contribution in [-0.2, 0) is 10.0 Å². The molecule has 0 amide bonds. The molecule has 77 valence electrons. The second-order valence-electron chi connectivity index (χ2n) is 2.88. The van der Waals surface area contributed by atoms with Crippen LogP contribution in [0.1, 0.15) is 0 Å². The smallest absolute Gasteiger partial charge is 0.229 e. The van der Waals surface area contributed by atoms with E-state index in [0.717, 1.165) is 11.9 Å². The summed E-state index contributed by atoms with van der Waals surface area (Å²) in [5.41, 5.74) is 1.47. The van der Waals surface area contributed by atoms with Crippen molar-refractivity contribution in [1.82, 2.24) is 0 Å². The van der Waals surface area contributed by atoms with Crippen LogP contribution in [0.3, 0.4) is 0 Å². The highest BCUT2D eigenvalue weighted by Crippen LogP contribution is 2.13. The molecule has 5 heteroatoms. The van der Waals surface area contributed by atoms with Gasteiger partial charge in [-0.1, -0.05) is 0 Å². The molecule has 4 nitrogen and oxygen atoms in total. The highest BCUT2D eigenvalue weighted by atomic mass is 32.2. The Kier molecular flexibility index (Phi) is 3.35. The van der Waals surface area contributed by atoms with Crippen LogP contribution in [0.4, 0.5) is 11.4 Å². The van der Waals surface area contributed by atoms with Gasteiger partial charge in [-0.25, -0.2) is 8.42 Å². The molecule has 1 aromatic carbocycles. The quantitative estimate of drug-likeness (QED) is 0.792. The third-order valence-corrected chi connectivity index (χ3v) is 2.12. The Balaban J connectivity index is 2.74. The summed E-state index contributed by atoms with van der Waals surface area (Å²) >= 11 is 0. The number of hydrogen-bond donors (Lipinski definition) is 2. The van der Waals surface area contributed by atoms with Crippen LogP contribution in [-0.4, -0.2) is 21.2 Å². The second-order valence-corrected chi connectivity index (χ2v) is 4.63. The third-order valence-electron chi connectivity index (χ3n) is 1.52. The Labute approximate surface area is 84.4 Å². The molecule has 0 atom stereocenters. The Bertz CT molecular complexity index is 384. The van der Waals surface area contributed by atoms with Gasteiger partial charge in [-0.3, -0.25) is 4.72 Å². The Hall–Kier alpha value is -1.23. The molecule has 0 unspecified atom stereocenters. The van der Waals surface area contributed by atoms with Crippen molar-refractivity contribution in [3.8, 4) is 0 Å². The molecule has 0 spiro atoms. The third kappa shape index (κ3) is 3.66. The summed E-state index contributed by atoms with van der Waals surface area (Å²) in [5.74, 6) is 0.